The van der Waals surface area contributed by atoms with Crippen LogP contribution in [0, 0.1) is 12.3 Å². The van der Waals surface area contributed by atoms with Crippen LogP contribution < -0.4 is 5.32 Å². The van der Waals surface area contributed by atoms with Crippen molar-refractivity contribution in [1.82, 2.24) is 20.2 Å². The highest BCUT2D eigenvalue weighted by molar-refractivity contribution is 7.15. The first kappa shape index (κ1) is 14.9. The molecular formula is C18H17N5S. The van der Waals surface area contributed by atoms with Gasteiger partial charge in [-0.15, -0.1) is 17.8 Å². The molecule has 4 rings (SSSR count). The minimum atomic E-state index is 0.614. The Hall–Kier alpha value is -2.65. The summed E-state index contributed by atoms with van der Waals surface area (Å²) in [6.07, 6.45) is 10.7. The van der Waals surface area contributed by atoms with Crippen LogP contribution in [0.4, 0.5) is 11.6 Å². The van der Waals surface area contributed by atoms with Crippen LogP contribution in [-0.2, 0) is 6.42 Å². The van der Waals surface area contributed by atoms with Gasteiger partial charge in [0, 0.05) is 28.8 Å². The second-order valence-electron chi connectivity index (χ2n) is 5.83. The smallest absolute Gasteiger partial charge is 0.171 e. The summed E-state index contributed by atoms with van der Waals surface area (Å²) in [6, 6.07) is 6.19. The molecule has 1 saturated carbocycles. The van der Waals surface area contributed by atoms with Gasteiger partial charge in [0.1, 0.15) is 0 Å². The largest absolute Gasteiger partial charge is 0.322 e. The van der Waals surface area contributed by atoms with Crippen molar-refractivity contribution in [2.45, 2.75) is 32.1 Å². The molecule has 0 aliphatic heterocycles. The molecule has 1 fully saturated rings. The van der Waals surface area contributed by atoms with Gasteiger partial charge in [0.25, 0.3) is 0 Å². The normalized spacial score (nSPS) is 13.7. The molecule has 0 aromatic carbocycles. The number of aromatic nitrogens is 4. The molecule has 3 aromatic heterocycles. The summed E-state index contributed by atoms with van der Waals surface area (Å²) < 4.78 is 0. The van der Waals surface area contributed by atoms with Crippen LogP contribution in [-0.4, -0.2) is 20.2 Å². The lowest BCUT2D eigenvalue weighted by Gasteiger charge is -2.06. The minimum absolute atomic E-state index is 0.614. The summed E-state index contributed by atoms with van der Waals surface area (Å²) >= 11 is 1.70. The summed E-state index contributed by atoms with van der Waals surface area (Å²) in [6.45, 7) is 2.14. The summed E-state index contributed by atoms with van der Waals surface area (Å²) in [7, 11) is 0. The van der Waals surface area contributed by atoms with Crippen molar-refractivity contribution in [1.29, 1.82) is 0 Å². The highest BCUT2D eigenvalue weighted by Crippen LogP contribution is 2.39. The predicted octanol–water partition coefficient (Wildman–Crippen LogP) is 4.09. The fourth-order valence-corrected chi connectivity index (χ4v) is 3.40. The molecule has 3 heterocycles. The van der Waals surface area contributed by atoms with Crippen molar-refractivity contribution in [3.63, 3.8) is 0 Å². The number of nitrogens with one attached hydrogen (secondary N) is 2. The highest BCUT2D eigenvalue weighted by Gasteiger charge is 2.25. The Kier molecular flexibility index (Phi) is 3.79. The molecule has 0 bridgehead atoms. The maximum atomic E-state index is 5.59. The third kappa shape index (κ3) is 2.91. The zero-order valence-electron chi connectivity index (χ0n) is 13.3. The van der Waals surface area contributed by atoms with Crippen molar-refractivity contribution in [3.05, 3.63) is 40.5 Å². The molecule has 2 N–H and O–H groups in total. The Labute approximate surface area is 144 Å². The maximum Gasteiger partial charge on any atom is 0.171 e. The van der Waals surface area contributed by atoms with Crippen molar-refractivity contribution in [2.24, 2.45) is 0 Å². The van der Waals surface area contributed by atoms with Gasteiger partial charge in [-0.25, -0.2) is 9.97 Å². The average molecular weight is 335 g/mol. The predicted molar refractivity (Wildman–Crippen MR) is 96.5 cm³/mol. The van der Waals surface area contributed by atoms with E-state index in [1.54, 1.807) is 17.5 Å². The van der Waals surface area contributed by atoms with E-state index in [2.05, 4.69) is 50.5 Å². The van der Waals surface area contributed by atoms with Gasteiger partial charge in [0.05, 0.1) is 10.4 Å². The number of terminal acetylenes is 1. The molecule has 0 spiro atoms. The van der Waals surface area contributed by atoms with Gasteiger partial charge in [-0.2, -0.15) is 5.10 Å². The van der Waals surface area contributed by atoms with E-state index in [1.807, 2.05) is 6.07 Å². The number of aromatic amines is 1. The van der Waals surface area contributed by atoms with Crippen molar-refractivity contribution >= 4 is 23.0 Å². The van der Waals surface area contributed by atoms with E-state index in [-0.39, 0.29) is 0 Å². The molecule has 0 saturated heterocycles. The van der Waals surface area contributed by atoms with E-state index in [4.69, 9.17) is 6.42 Å². The van der Waals surface area contributed by atoms with E-state index in [1.165, 1.54) is 23.4 Å². The van der Waals surface area contributed by atoms with Gasteiger partial charge in [-0.05, 0) is 31.4 Å². The molecule has 0 atom stereocenters. The number of thiophene rings is 1. The van der Waals surface area contributed by atoms with E-state index in [0.717, 1.165) is 17.1 Å². The summed E-state index contributed by atoms with van der Waals surface area (Å²) in [5.41, 5.74) is 1.79. The van der Waals surface area contributed by atoms with E-state index in [0.29, 0.717) is 23.1 Å². The lowest BCUT2D eigenvalue weighted by Crippen LogP contribution is -2.00. The standard InChI is InChI=1S/C18H17N5S/c1-3-11-10-19-18(15-8-7-13(4-2)24-15)21-17(11)20-16-9-14(22-23-16)12-5-6-12/h1,7-10,12H,4-6H2,2H3,(H2,19,20,21,22,23). The molecule has 5 nitrogen and oxygen atoms in total. The lowest BCUT2D eigenvalue weighted by molar-refractivity contribution is 0.966. The van der Waals surface area contributed by atoms with Crippen LogP contribution in [0.2, 0.25) is 0 Å². The molecule has 1 aliphatic carbocycles. The second kappa shape index (κ2) is 6.10. The Morgan fingerprint density at radius 1 is 1.42 bits per heavy atom. The first-order valence-corrected chi connectivity index (χ1v) is 8.83. The Bertz CT molecular complexity index is 914. The summed E-state index contributed by atoms with van der Waals surface area (Å²) in [5.74, 6) is 5.28. The molecule has 6 heteroatoms. The molecule has 0 radical (unpaired) electrons. The molecule has 120 valence electrons. The van der Waals surface area contributed by atoms with Gasteiger partial charge >= 0.3 is 0 Å². The number of hydrogen-bond acceptors (Lipinski definition) is 5. The molecule has 24 heavy (non-hydrogen) atoms. The number of hydrogen-bond donors (Lipinski definition) is 2. The number of anilines is 2. The van der Waals surface area contributed by atoms with Crippen LogP contribution in [0.3, 0.4) is 0 Å². The van der Waals surface area contributed by atoms with Crippen LogP contribution in [0.5, 0.6) is 0 Å². The minimum Gasteiger partial charge on any atom is -0.322 e. The van der Waals surface area contributed by atoms with Crippen LogP contribution in [0.25, 0.3) is 10.7 Å². The second-order valence-corrected chi connectivity index (χ2v) is 7.00. The third-order valence-corrected chi connectivity index (χ3v) is 5.26. The first-order chi connectivity index (χ1) is 11.8. The monoisotopic (exact) mass is 335 g/mol. The first-order valence-electron chi connectivity index (χ1n) is 8.02. The zero-order chi connectivity index (χ0) is 16.5. The van der Waals surface area contributed by atoms with Crippen molar-refractivity contribution < 1.29 is 0 Å². The molecule has 0 amide bonds. The maximum absolute atomic E-state index is 5.59. The quantitative estimate of drug-likeness (QED) is 0.689. The molecule has 0 unspecified atom stereocenters. The van der Waals surface area contributed by atoms with Crippen LogP contribution in [0.1, 0.15) is 41.8 Å². The summed E-state index contributed by atoms with van der Waals surface area (Å²) in [4.78, 5) is 11.4. The highest BCUT2D eigenvalue weighted by atomic mass is 32.1. The Morgan fingerprint density at radius 3 is 3.00 bits per heavy atom. The molecular weight excluding hydrogens is 318 g/mol. The van der Waals surface area contributed by atoms with Gasteiger partial charge < -0.3 is 5.32 Å². The Morgan fingerprint density at radius 2 is 2.29 bits per heavy atom. The van der Waals surface area contributed by atoms with Gasteiger partial charge in [0.2, 0.25) is 0 Å². The SMILES string of the molecule is C#Cc1cnc(-c2ccc(CC)s2)nc1Nc1cc(C2CC2)[nH]n1. The van der Waals surface area contributed by atoms with Crippen molar-refractivity contribution in [3.8, 4) is 23.0 Å². The number of nitrogens with zero attached hydrogens (tertiary/aromatic N) is 3. The number of rotatable bonds is 5. The fraction of sp³-hybridized carbons (Fsp3) is 0.278. The van der Waals surface area contributed by atoms with Crippen LogP contribution >= 0.6 is 11.3 Å². The fourth-order valence-electron chi connectivity index (χ4n) is 2.52. The molecule has 3 aromatic rings. The number of H-pyrrole nitrogens is 1. The van der Waals surface area contributed by atoms with Gasteiger partial charge in [-0.1, -0.05) is 12.8 Å². The number of aryl methyl sites for hydroxylation is 1. The average Bonchev–Trinajstić information content (AvgIpc) is 3.17. The van der Waals surface area contributed by atoms with E-state index < -0.39 is 0 Å². The van der Waals surface area contributed by atoms with Crippen LogP contribution in [0.15, 0.2) is 24.4 Å². The van der Waals surface area contributed by atoms with Crippen molar-refractivity contribution in [2.75, 3.05) is 5.32 Å². The van der Waals surface area contributed by atoms with E-state index in [9.17, 15) is 0 Å². The topological polar surface area (TPSA) is 66.5 Å². The van der Waals surface area contributed by atoms with Gasteiger partial charge in [-0.3, -0.25) is 5.10 Å². The zero-order valence-corrected chi connectivity index (χ0v) is 14.2. The summed E-state index contributed by atoms with van der Waals surface area (Å²) in [5, 5.41) is 10.6. The third-order valence-electron chi connectivity index (χ3n) is 4.04. The lowest BCUT2D eigenvalue weighted by atomic mass is 10.3. The Balaban J connectivity index is 1.64. The van der Waals surface area contributed by atoms with E-state index >= 15 is 0 Å². The van der Waals surface area contributed by atoms with Gasteiger partial charge in [0.15, 0.2) is 17.5 Å². The molecule has 1 aliphatic rings.